The van der Waals surface area contributed by atoms with Crippen molar-refractivity contribution in [3.05, 3.63) is 94.4 Å². The number of carbonyl (C=O) groups is 1. The maximum Gasteiger partial charge on any atom is 0.416 e. The van der Waals surface area contributed by atoms with Crippen LogP contribution in [0.15, 0.2) is 61.1 Å². The van der Waals surface area contributed by atoms with Crippen LogP contribution in [-0.4, -0.2) is 58.9 Å². The number of benzene rings is 2. The number of nitrogens with zero attached hydrogens (tertiary/aromatic N) is 5. The van der Waals surface area contributed by atoms with Gasteiger partial charge in [0.25, 0.3) is 5.91 Å². The molecule has 8 nitrogen and oxygen atoms in total. The van der Waals surface area contributed by atoms with Gasteiger partial charge in [0.05, 0.1) is 28.3 Å². The van der Waals surface area contributed by atoms with Gasteiger partial charge in [-0.25, -0.2) is 4.98 Å². The fourth-order valence-corrected chi connectivity index (χ4v) is 4.70. The number of halogens is 3. The number of hydrogen-bond donors (Lipinski definition) is 2. The Morgan fingerprint density at radius 3 is 2.55 bits per heavy atom. The van der Waals surface area contributed by atoms with Crippen molar-refractivity contribution in [3.8, 4) is 17.9 Å². The van der Waals surface area contributed by atoms with Gasteiger partial charge in [-0.1, -0.05) is 24.0 Å². The van der Waals surface area contributed by atoms with Gasteiger partial charge in [-0.2, -0.15) is 18.4 Å². The van der Waals surface area contributed by atoms with Crippen LogP contribution in [0.5, 0.6) is 0 Å². The van der Waals surface area contributed by atoms with Crippen molar-refractivity contribution in [1.82, 2.24) is 19.8 Å². The number of fused-ring (bicyclic) bond motifs is 1. The first-order valence-electron chi connectivity index (χ1n) is 13.1. The van der Waals surface area contributed by atoms with E-state index in [1.54, 1.807) is 24.4 Å². The van der Waals surface area contributed by atoms with Gasteiger partial charge in [0.15, 0.2) is 0 Å². The van der Waals surface area contributed by atoms with Crippen LogP contribution in [0.1, 0.15) is 38.2 Å². The van der Waals surface area contributed by atoms with Gasteiger partial charge >= 0.3 is 6.18 Å². The maximum absolute atomic E-state index is 14.0. The molecule has 11 heteroatoms. The van der Waals surface area contributed by atoms with Crippen molar-refractivity contribution in [2.45, 2.75) is 12.7 Å². The van der Waals surface area contributed by atoms with Crippen molar-refractivity contribution in [3.63, 3.8) is 0 Å². The third-order valence-electron chi connectivity index (χ3n) is 7.05. The summed E-state index contributed by atoms with van der Waals surface area (Å²) in [4.78, 5) is 25.3. The molecule has 212 valence electrons. The molecule has 3 N–H and O–H groups in total. The number of nitrogens with one attached hydrogen (secondary N) is 1. The summed E-state index contributed by atoms with van der Waals surface area (Å²) in [5.74, 6) is 5.43. The Hall–Kier alpha value is -4.97. The molecule has 1 aliphatic rings. The monoisotopic (exact) mass is 569 g/mol. The molecule has 0 saturated carbocycles. The molecule has 0 spiro atoms. The summed E-state index contributed by atoms with van der Waals surface area (Å²) in [5.41, 5.74) is 6.83. The molecule has 1 aliphatic heterocycles. The summed E-state index contributed by atoms with van der Waals surface area (Å²) >= 11 is 0. The lowest BCUT2D eigenvalue weighted by Crippen LogP contribution is -2.44. The van der Waals surface area contributed by atoms with E-state index in [2.05, 4.69) is 38.1 Å². The number of likely N-dealkylation sites (N-methyl/N-ethyl adjacent to an activating group) is 1. The molecule has 0 unspecified atom stereocenters. The van der Waals surface area contributed by atoms with Crippen molar-refractivity contribution in [2.75, 3.05) is 44.3 Å². The Bertz CT molecular complexity index is 1760. The van der Waals surface area contributed by atoms with Crippen molar-refractivity contribution in [2.24, 2.45) is 0 Å². The number of aromatic nitrogens is 2. The molecular weight excluding hydrogens is 543 g/mol. The quantitative estimate of drug-likeness (QED) is 0.348. The molecule has 2 aromatic heterocycles. The predicted molar refractivity (Wildman–Crippen MR) is 153 cm³/mol. The SMILES string of the molecule is CN1CCN(Cc2ccc(NC(=O)c3cncc(C#Cc4c(N)ncc5ccc(C#N)cc45)c3)cc2C(F)(F)F)CC1. The van der Waals surface area contributed by atoms with E-state index in [1.807, 2.05) is 11.9 Å². The molecule has 1 fully saturated rings. The summed E-state index contributed by atoms with van der Waals surface area (Å²) in [7, 11) is 1.98. The molecule has 2 aromatic carbocycles. The standard InChI is InChI=1S/C31H26F3N7O/c1-40-8-10-41(11-9-40)19-23-5-6-25(14-28(23)31(32,33)34)39-30(42)24-12-21(16-37-17-24)3-7-26-27-13-20(15-35)2-4-22(27)18-38-29(26)36/h2,4-6,12-14,16-18H,8-11,19H2,1H3,(H2,36,38)(H,39,42). The van der Waals surface area contributed by atoms with Crippen LogP contribution in [0.25, 0.3) is 10.8 Å². The second-order valence-corrected chi connectivity index (χ2v) is 10.0. The molecule has 0 aliphatic carbocycles. The van der Waals surface area contributed by atoms with Gasteiger partial charge in [0.2, 0.25) is 0 Å². The summed E-state index contributed by atoms with van der Waals surface area (Å²) in [6.45, 7) is 3.13. The number of nitrogen functional groups attached to an aromatic ring is 1. The van der Waals surface area contributed by atoms with E-state index in [9.17, 15) is 23.2 Å². The smallest absolute Gasteiger partial charge is 0.383 e. The zero-order valence-electron chi connectivity index (χ0n) is 22.7. The number of hydrogen-bond acceptors (Lipinski definition) is 7. The van der Waals surface area contributed by atoms with Crippen molar-refractivity contribution in [1.29, 1.82) is 5.26 Å². The normalized spacial score (nSPS) is 14.2. The van der Waals surface area contributed by atoms with Crippen LogP contribution in [0.2, 0.25) is 0 Å². The second-order valence-electron chi connectivity index (χ2n) is 10.0. The number of nitrogens with two attached hydrogens (primary N) is 1. The lowest BCUT2D eigenvalue weighted by atomic mass is 10.0. The van der Waals surface area contributed by atoms with Crippen LogP contribution in [-0.2, 0) is 12.7 Å². The van der Waals surface area contributed by atoms with Crippen LogP contribution >= 0.6 is 0 Å². The number of anilines is 2. The minimum Gasteiger partial charge on any atom is -0.383 e. The summed E-state index contributed by atoms with van der Waals surface area (Å²) in [6, 6.07) is 12.5. The van der Waals surface area contributed by atoms with E-state index in [-0.39, 0.29) is 29.2 Å². The highest BCUT2D eigenvalue weighted by molar-refractivity contribution is 6.04. The minimum absolute atomic E-state index is 0.0221. The fraction of sp³-hybridized carbons (Fsp3) is 0.226. The number of amides is 1. The molecular formula is C31H26F3N7O. The number of alkyl halides is 3. The highest BCUT2D eigenvalue weighted by Gasteiger charge is 2.34. The van der Waals surface area contributed by atoms with Crippen LogP contribution in [0, 0.1) is 23.2 Å². The average molecular weight is 570 g/mol. The summed E-state index contributed by atoms with van der Waals surface area (Å²) in [6.07, 6.45) is -0.229. The molecule has 0 bridgehead atoms. The van der Waals surface area contributed by atoms with Crippen LogP contribution in [0.4, 0.5) is 24.7 Å². The molecule has 4 aromatic rings. The van der Waals surface area contributed by atoms with E-state index in [1.165, 1.54) is 30.6 Å². The van der Waals surface area contributed by atoms with Gasteiger partial charge in [-0.15, -0.1) is 0 Å². The van der Waals surface area contributed by atoms with E-state index in [4.69, 9.17) is 5.73 Å². The number of pyridine rings is 2. The van der Waals surface area contributed by atoms with Gasteiger partial charge < -0.3 is 16.0 Å². The maximum atomic E-state index is 14.0. The molecule has 1 amide bonds. The highest BCUT2D eigenvalue weighted by atomic mass is 19.4. The number of nitriles is 1. The Labute approximate surface area is 240 Å². The molecule has 3 heterocycles. The lowest BCUT2D eigenvalue weighted by Gasteiger charge is -2.33. The largest absolute Gasteiger partial charge is 0.416 e. The Morgan fingerprint density at radius 1 is 1.02 bits per heavy atom. The zero-order valence-corrected chi connectivity index (χ0v) is 22.7. The number of rotatable bonds is 4. The molecule has 1 saturated heterocycles. The number of piperazine rings is 1. The first kappa shape index (κ1) is 28.6. The lowest BCUT2D eigenvalue weighted by molar-refractivity contribution is -0.138. The Morgan fingerprint density at radius 2 is 1.81 bits per heavy atom. The summed E-state index contributed by atoms with van der Waals surface area (Å²) in [5, 5.41) is 13.2. The molecule has 5 rings (SSSR count). The topological polar surface area (TPSA) is 111 Å². The first-order chi connectivity index (χ1) is 20.1. The van der Waals surface area contributed by atoms with E-state index < -0.39 is 17.6 Å². The molecule has 0 atom stereocenters. The van der Waals surface area contributed by atoms with Crippen molar-refractivity contribution >= 4 is 28.2 Å². The van der Waals surface area contributed by atoms with Gasteiger partial charge in [0.1, 0.15) is 5.82 Å². The van der Waals surface area contributed by atoms with E-state index in [0.717, 1.165) is 24.5 Å². The first-order valence-corrected chi connectivity index (χ1v) is 13.1. The zero-order chi connectivity index (χ0) is 29.9. The van der Waals surface area contributed by atoms with Gasteiger partial charge in [-0.3, -0.25) is 14.7 Å². The highest BCUT2D eigenvalue weighted by Crippen LogP contribution is 2.35. The Kier molecular flexibility index (Phi) is 8.07. The predicted octanol–water partition coefficient (Wildman–Crippen LogP) is 4.50. The summed E-state index contributed by atoms with van der Waals surface area (Å²) < 4.78 is 41.9. The van der Waals surface area contributed by atoms with E-state index in [0.29, 0.717) is 35.2 Å². The van der Waals surface area contributed by atoms with E-state index >= 15 is 0 Å². The second kappa shape index (κ2) is 11.9. The van der Waals surface area contributed by atoms with Crippen molar-refractivity contribution < 1.29 is 18.0 Å². The number of carbonyl (C=O) groups excluding carboxylic acids is 1. The third kappa shape index (κ3) is 6.50. The average Bonchev–Trinajstić information content (AvgIpc) is 2.98. The molecule has 0 radical (unpaired) electrons. The van der Waals surface area contributed by atoms with Gasteiger partial charge in [0, 0.05) is 73.3 Å². The third-order valence-corrected chi connectivity index (χ3v) is 7.05. The molecule has 42 heavy (non-hydrogen) atoms. The fourth-order valence-electron chi connectivity index (χ4n) is 4.70. The van der Waals surface area contributed by atoms with Crippen LogP contribution < -0.4 is 11.1 Å². The Balaban J connectivity index is 1.36. The van der Waals surface area contributed by atoms with Crippen LogP contribution in [0.3, 0.4) is 0 Å². The minimum atomic E-state index is -4.58. The van der Waals surface area contributed by atoms with Gasteiger partial charge in [-0.05, 0) is 42.9 Å².